The molecule has 0 spiro atoms. The van der Waals surface area contributed by atoms with Crippen LogP contribution in [0, 0.1) is 6.92 Å². The summed E-state index contributed by atoms with van der Waals surface area (Å²) < 4.78 is 2.47. The number of aryl methyl sites for hydroxylation is 1. The van der Waals surface area contributed by atoms with Gasteiger partial charge in [-0.2, -0.15) is 0 Å². The SMILES string of the molecule is [B]c1cc(C)cc([B])c1-c1nc(N2c3c(c4ccccc4c4c3sc3ccccc34)-c3c(ccc4ccccc34)C2(C)C)nc2ccccc12. The first-order chi connectivity index (χ1) is 24.3. The third kappa shape index (κ3) is 4.00. The monoisotopic (exact) mass is 653 g/mol. The predicted molar refractivity (Wildman–Crippen MR) is 215 cm³/mol. The summed E-state index contributed by atoms with van der Waals surface area (Å²) in [4.78, 5) is 13.2. The quantitative estimate of drug-likeness (QED) is 0.174. The lowest BCUT2D eigenvalue weighted by molar-refractivity contribution is 0.525. The zero-order valence-corrected chi connectivity index (χ0v) is 28.8. The fourth-order valence-corrected chi connectivity index (χ4v) is 9.64. The van der Waals surface area contributed by atoms with E-state index in [0.717, 1.165) is 33.4 Å². The Labute approximate surface area is 297 Å². The molecule has 0 amide bonds. The molecule has 10 rings (SSSR count). The van der Waals surface area contributed by atoms with Crippen LogP contribution in [0.4, 0.5) is 11.6 Å². The van der Waals surface area contributed by atoms with Gasteiger partial charge < -0.3 is 0 Å². The van der Waals surface area contributed by atoms with E-state index in [0.29, 0.717) is 16.9 Å². The second-order valence-electron chi connectivity index (χ2n) is 13.9. The van der Waals surface area contributed by atoms with Crippen molar-refractivity contribution < 1.29 is 0 Å². The molecule has 4 radical (unpaired) electrons. The lowest BCUT2D eigenvalue weighted by Gasteiger charge is -2.46. The highest BCUT2D eigenvalue weighted by Gasteiger charge is 2.43. The number of benzene rings is 7. The van der Waals surface area contributed by atoms with Gasteiger partial charge in [-0.1, -0.05) is 126 Å². The average molecular weight is 653 g/mol. The molecule has 0 saturated heterocycles. The Balaban J connectivity index is 1.42. The molecule has 7 aromatic carbocycles. The first kappa shape index (κ1) is 29.5. The second kappa shape index (κ2) is 10.5. The smallest absolute Gasteiger partial charge is 0.231 e. The number of aromatic nitrogens is 2. The molecule has 1 aliphatic rings. The summed E-state index contributed by atoms with van der Waals surface area (Å²) >= 11 is 1.84. The van der Waals surface area contributed by atoms with Crippen molar-refractivity contribution in [3.05, 3.63) is 132 Å². The van der Waals surface area contributed by atoms with Crippen molar-refractivity contribution in [3.8, 4) is 22.4 Å². The lowest BCUT2D eigenvalue weighted by atomic mass is 9.76. The van der Waals surface area contributed by atoms with E-state index >= 15 is 0 Å². The molecule has 2 aromatic heterocycles. The predicted octanol–water partition coefficient (Wildman–Crippen LogP) is 9.92. The minimum Gasteiger partial charge on any atom is -0.299 e. The summed E-state index contributed by atoms with van der Waals surface area (Å²) in [5.41, 5.74) is 8.79. The third-order valence-electron chi connectivity index (χ3n) is 10.5. The molecule has 3 heterocycles. The number of rotatable bonds is 2. The van der Waals surface area contributed by atoms with E-state index in [2.05, 4.69) is 116 Å². The number of nitrogens with zero attached hydrogens (tertiary/aromatic N) is 3. The first-order valence-corrected chi connectivity index (χ1v) is 17.7. The molecule has 0 unspecified atom stereocenters. The summed E-state index contributed by atoms with van der Waals surface area (Å²) in [7, 11) is 13.5. The van der Waals surface area contributed by atoms with Crippen LogP contribution < -0.4 is 15.8 Å². The molecule has 0 aliphatic carbocycles. The maximum atomic E-state index is 6.75. The van der Waals surface area contributed by atoms with E-state index in [9.17, 15) is 0 Å². The second-order valence-corrected chi connectivity index (χ2v) is 14.9. The highest BCUT2D eigenvalue weighted by atomic mass is 32.1. The van der Waals surface area contributed by atoms with Gasteiger partial charge in [0.05, 0.1) is 27.1 Å². The van der Waals surface area contributed by atoms with Crippen molar-refractivity contribution in [1.29, 1.82) is 0 Å². The highest BCUT2D eigenvalue weighted by molar-refractivity contribution is 7.26. The van der Waals surface area contributed by atoms with Crippen molar-refractivity contribution in [2.75, 3.05) is 4.90 Å². The summed E-state index contributed by atoms with van der Waals surface area (Å²) in [6, 6.07) is 43.0. The highest BCUT2D eigenvalue weighted by Crippen LogP contribution is 2.59. The van der Waals surface area contributed by atoms with Crippen molar-refractivity contribution in [2.45, 2.75) is 26.3 Å². The largest absolute Gasteiger partial charge is 0.299 e. The topological polar surface area (TPSA) is 29.0 Å². The molecular formula is C44H29B2N3S. The lowest BCUT2D eigenvalue weighted by Crippen LogP contribution is -2.42. The molecule has 232 valence electrons. The van der Waals surface area contributed by atoms with Crippen molar-refractivity contribution in [2.24, 2.45) is 0 Å². The number of anilines is 2. The van der Waals surface area contributed by atoms with Gasteiger partial charge in [0, 0.05) is 26.4 Å². The zero-order chi connectivity index (χ0) is 33.9. The summed E-state index contributed by atoms with van der Waals surface area (Å²) in [6.07, 6.45) is 0. The summed E-state index contributed by atoms with van der Waals surface area (Å²) in [6.45, 7) is 6.60. The van der Waals surface area contributed by atoms with Gasteiger partial charge in [-0.05, 0) is 71.1 Å². The molecule has 50 heavy (non-hydrogen) atoms. The van der Waals surface area contributed by atoms with E-state index in [4.69, 9.17) is 25.7 Å². The van der Waals surface area contributed by atoms with Crippen LogP contribution in [0.5, 0.6) is 0 Å². The van der Waals surface area contributed by atoms with Crippen molar-refractivity contribution in [3.63, 3.8) is 0 Å². The fraction of sp³-hybridized carbons (Fsp3) is 0.0909. The van der Waals surface area contributed by atoms with Crippen LogP contribution >= 0.6 is 11.3 Å². The van der Waals surface area contributed by atoms with Crippen LogP contribution in [0.15, 0.2) is 121 Å². The van der Waals surface area contributed by atoms with Gasteiger partial charge in [-0.3, -0.25) is 4.90 Å². The van der Waals surface area contributed by atoms with E-state index < -0.39 is 5.54 Å². The molecule has 9 aromatic rings. The minimum absolute atomic E-state index is 0.554. The maximum Gasteiger partial charge on any atom is 0.231 e. The van der Waals surface area contributed by atoms with E-state index in [1.807, 2.05) is 42.5 Å². The Kier molecular flexibility index (Phi) is 6.20. The molecule has 0 N–H and O–H groups in total. The van der Waals surface area contributed by atoms with Crippen LogP contribution in [-0.2, 0) is 5.54 Å². The fourth-order valence-electron chi connectivity index (χ4n) is 8.38. The molecule has 0 atom stereocenters. The van der Waals surface area contributed by atoms with Crippen LogP contribution in [0.1, 0.15) is 25.0 Å². The molecule has 0 bridgehead atoms. The number of hydrogen-bond donors (Lipinski definition) is 0. The first-order valence-electron chi connectivity index (χ1n) is 16.9. The van der Waals surface area contributed by atoms with Crippen molar-refractivity contribution in [1.82, 2.24) is 9.97 Å². The van der Waals surface area contributed by atoms with Gasteiger partial charge in [-0.15, -0.1) is 11.3 Å². The van der Waals surface area contributed by atoms with Gasteiger partial charge in [0.1, 0.15) is 15.7 Å². The summed E-state index contributed by atoms with van der Waals surface area (Å²) in [5, 5.41) is 8.35. The Hall–Kier alpha value is -5.45. The number of fused-ring (bicyclic) bond motifs is 13. The number of thiophene rings is 1. The van der Waals surface area contributed by atoms with Crippen LogP contribution in [0.2, 0.25) is 0 Å². The molecule has 6 heteroatoms. The summed E-state index contributed by atoms with van der Waals surface area (Å²) in [5.74, 6) is 0.608. The molecular weight excluding hydrogens is 624 g/mol. The Morgan fingerprint density at radius 1 is 0.620 bits per heavy atom. The molecule has 1 aliphatic heterocycles. The number of hydrogen-bond acceptors (Lipinski definition) is 4. The normalized spacial score (nSPS) is 13.8. The van der Waals surface area contributed by atoms with Gasteiger partial charge >= 0.3 is 0 Å². The van der Waals surface area contributed by atoms with E-state index in [-0.39, 0.29) is 0 Å². The van der Waals surface area contributed by atoms with Crippen molar-refractivity contribution >= 4 is 102 Å². The Morgan fingerprint density at radius 3 is 2.04 bits per heavy atom. The van der Waals surface area contributed by atoms with Crippen LogP contribution in [-0.4, -0.2) is 25.7 Å². The van der Waals surface area contributed by atoms with E-state index in [1.54, 1.807) is 0 Å². The maximum absolute atomic E-state index is 6.75. The van der Waals surface area contributed by atoms with Crippen LogP contribution in [0.25, 0.3) is 75.0 Å². The van der Waals surface area contributed by atoms with E-state index in [1.165, 1.54) is 58.4 Å². The standard InChI is InChI=1S/C44H29B2N3S/c1-24-22-32(45)39(33(46)23-24)40-29-16-8-10-18-34(29)47-43(48-40)49-41-38(37-26-13-5-4-12-25(26)20-21-31(37)44(49,2)3)28-15-7-6-14-27(28)36-30-17-9-11-19-35(30)50-42(36)41/h4-23H,1-3H3. The average Bonchev–Trinajstić information content (AvgIpc) is 3.51. The molecule has 0 saturated carbocycles. The van der Waals surface area contributed by atoms with Gasteiger partial charge in [0.25, 0.3) is 0 Å². The molecule has 0 fully saturated rings. The van der Waals surface area contributed by atoms with Gasteiger partial charge in [0.15, 0.2) is 0 Å². The van der Waals surface area contributed by atoms with Gasteiger partial charge in [0.2, 0.25) is 5.95 Å². The minimum atomic E-state index is -0.554. The Bertz CT molecular complexity index is 2880. The third-order valence-corrected chi connectivity index (χ3v) is 11.7. The Morgan fingerprint density at radius 2 is 1.26 bits per heavy atom. The van der Waals surface area contributed by atoms with Gasteiger partial charge in [-0.25, -0.2) is 9.97 Å². The molecule has 3 nitrogen and oxygen atoms in total. The number of para-hydroxylation sites is 1. The van der Waals surface area contributed by atoms with Crippen LogP contribution in [0.3, 0.4) is 0 Å². The zero-order valence-electron chi connectivity index (χ0n) is 28.0.